The van der Waals surface area contributed by atoms with E-state index in [1.165, 1.54) is 0 Å². The van der Waals surface area contributed by atoms with Crippen LogP contribution in [0.1, 0.15) is 6.42 Å². The molecule has 1 atom stereocenters. The molecule has 1 amide bonds. The molecule has 0 aromatic heterocycles. The molecule has 1 saturated heterocycles. The van der Waals surface area contributed by atoms with E-state index >= 15 is 0 Å². The number of methoxy groups -OCH3 is 1. The van der Waals surface area contributed by atoms with Crippen LogP contribution in [0.15, 0.2) is 18.2 Å². The number of benzene rings is 1. The highest BCUT2D eigenvalue weighted by Crippen LogP contribution is 2.30. The van der Waals surface area contributed by atoms with Crippen molar-refractivity contribution in [3.63, 3.8) is 0 Å². The molecule has 1 unspecified atom stereocenters. The van der Waals surface area contributed by atoms with Crippen LogP contribution in [0.25, 0.3) is 0 Å². The molecule has 0 radical (unpaired) electrons. The lowest BCUT2D eigenvalue weighted by Gasteiger charge is -2.17. The highest BCUT2D eigenvalue weighted by atomic mass is 127. The largest absolute Gasteiger partial charge is 0.496 e. The predicted molar refractivity (Wildman–Crippen MR) is 80.0 cm³/mol. The molecule has 0 spiro atoms. The zero-order valence-electron chi connectivity index (χ0n) is 9.52. The molecular formula is C12H14INO2S. The lowest BCUT2D eigenvalue weighted by Crippen LogP contribution is -2.24. The molecule has 1 aromatic rings. The molecule has 17 heavy (non-hydrogen) atoms. The molecule has 1 fully saturated rings. The number of carbonyl (C=O) groups excluding carboxylic acids is 1. The highest BCUT2D eigenvalue weighted by Gasteiger charge is 2.29. The molecule has 0 aliphatic carbocycles. The Labute approximate surface area is 120 Å². The van der Waals surface area contributed by atoms with Crippen LogP contribution in [0.5, 0.6) is 5.75 Å². The molecule has 1 heterocycles. The van der Waals surface area contributed by atoms with Crippen molar-refractivity contribution in [3.8, 4) is 5.75 Å². The second-order valence-corrected chi connectivity index (χ2v) is 5.60. The Morgan fingerprint density at radius 2 is 2.35 bits per heavy atom. The number of anilines is 1. The summed E-state index contributed by atoms with van der Waals surface area (Å²) < 4.78 is 6.23. The van der Waals surface area contributed by atoms with Gasteiger partial charge in [0.25, 0.3) is 0 Å². The first kappa shape index (κ1) is 13.0. The molecular weight excluding hydrogens is 349 g/mol. The maximum absolute atomic E-state index is 11.9. The van der Waals surface area contributed by atoms with E-state index in [1.54, 1.807) is 7.11 Å². The van der Waals surface area contributed by atoms with Gasteiger partial charge in [0.1, 0.15) is 5.75 Å². The van der Waals surface area contributed by atoms with Crippen LogP contribution in [0, 0.1) is 9.49 Å². The average Bonchev–Trinajstić information content (AvgIpc) is 2.70. The van der Waals surface area contributed by atoms with Crippen molar-refractivity contribution in [2.24, 2.45) is 5.92 Å². The van der Waals surface area contributed by atoms with Crippen molar-refractivity contribution < 1.29 is 9.53 Å². The number of carbonyl (C=O) groups is 1. The van der Waals surface area contributed by atoms with E-state index in [0.29, 0.717) is 12.3 Å². The van der Waals surface area contributed by atoms with Crippen LogP contribution in [0.2, 0.25) is 0 Å². The topological polar surface area (TPSA) is 29.5 Å². The standard InChI is InChI=1S/C12H14INO2S/c1-16-11-3-2-9(5-10(11)13)14-6-8(7-17)4-12(14)15/h2-3,5,8,17H,4,6-7H2,1H3. The van der Waals surface area contributed by atoms with Gasteiger partial charge in [-0.15, -0.1) is 0 Å². The van der Waals surface area contributed by atoms with Gasteiger partial charge in [0.15, 0.2) is 0 Å². The summed E-state index contributed by atoms with van der Waals surface area (Å²) in [7, 11) is 1.65. The Balaban J connectivity index is 2.23. The van der Waals surface area contributed by atoms with E-state index in [9.17, 15) is 4.79 Å². The van der Waals surface area contributed by atoms with E-state index in [1.807, 2.05) is 23.1 Å². The molecule has 5 heteroatoms. The molecule has 0 bridgehead atoms. The van der Waals surface area contributed by atoms with Crippen LogP contribution in [0.4, 0.5) is 5.69 Å². The Morgan fingerprint density at radius 3 is 2.88 bits per heavy atom. The molecule has 1 aliphatic heterocycles. The number of thiol groups is 1. The summed E-state index contributed by atoms with van der Waals surface area (Å²) in [5.41, 5.74) is 0.949. The normalized spacial score (nSPS) is 19.8. The van der Waals surface area contributed by atoms with Crippen LogP contribution in [-0.2, 0) is 4.79 Å². The summed E-state index contributed by atoms with van der Waals surface area (Å²) >= 11 is 6.48. The molecule has 1 aromatic carbocycles. The van der Waals surface area contributed by atoms with E-state index in [2.05, 4.69) is 35.2 Å². The van der Waals surface area contributed by atoms with Gasteiger partial charge >= 0.3 is 0 Å². The first-order chi connectivity index (χ1) is 8.15. The average molecular weight is 363 g/mol. The van der Waals surface area contributed by atoms with Gasteiger partial charge in [-0.3, -0.25) is 4.79 Å². The van der Waals surface area contributed by atoms with Crippen LogP contribution in [-0.4, -0.2) is 25.3 Å². The number of hydrogen-bond acceptors (Lipinski definition) is 3. The van der Waals surface area contributed by atoms with Gasteiger partial charge in [-0.25, -0.2) is 0 Å². The Morgan fingerprint density at radius 1 is 1.59 bits per heavy atom. The van der Waals surface area contributed by atoms with Crippen LogP contribution in [0.3, 0.4) is 0 Å². The van der Waals surface area contributed by atoms with E-state index < -0.39 is 0 Å². The molecule has 3 nitrogen and oxygen atoms in total. The van der Waals surface area contributed by atoms with E-state index in [-0.39, 0.29) is 5.91 Å². The number of hydrogen-bond donors (Lipinski definition) is 1. The number of nitrogens with zero attached hydrogens (tertiary/aromatic N) is 1. The van der Waals surface area contributed by atoms with E-state index in [0.717, 1.165) is 27.3 Å². The number of ether oxygens (including phenoxy) is 1. The van der Waals surface area contributed by atoms with Crippen molar-refractivity contribution in [1.29, 1.82) is 0 Å². The minimum atomic E-state index is 0.185. The Hall–Kier alpha value is -0.430. The van der Waals surface area contributed by atoms with Gasteiger partial charge in [-0.05, 0) is 52.5 Å². The number of halogens is 1. The summed E-state index contributed by atoms with van der Waals surface area (Å²) in [6.45, 7) is 0.769. The zero-order chi connectivity index (χ0) is 12.4. The quantitative estimate of drug-likeness (QED) is 0.661. The maximum atomic E-state index is 11.9. The monoisotopic (exact) mass is 363 g/mol. The van der Waals surface area contributed by atoms with Gasteiger partial charge < -0.3 is 9.64 Å². The third-order valence-corrected chi connectivity index (χ3v) is 4.27. The third kappa shape index (κ3) is 2.70. The molecule has 92 valence electrons. The summed E-state index contributed by atoms with van der Waals surface area (Å²) in [6, 6.07) is 5.82. The number of rotatable bonds is 3. The lowest BCUT2D eigenvalue weighted by molar-refractivity contribution is -0.117. The fraction of sp³-hybridized carbons (Fsp3) is 0.417. The second-order valence-electron chi connectivity index (χ2n) is 4.08. The van der Waals surface area contributed by atoms with Gasteiger partial charge in [-0.1, -0.05) is 0 Å². The van der Waals surface area contributed by atoms with Gasteiger partial charge in [0.2, 0.25) is 5.91 Å². The first-order valence-electron chi connectivity index (χ1n) is 5.40. The lowest BCUT2D eigenvalue weighted by atomic mass is 10.1. The molecule has 2 rings (SSSR count). The minimum Gasteiger partial charge on any atom is -0.496 e. The van der Waals surface area contributed by atoms with Crippen LogP contribution < -0.4 is 9.64 Å². The van der Waals surface area contributed by atoms with Gasteiger partial charge in [-0.2, -0.15) is 12.6 Å². The fourth-order valence-electron chi connectivity index (χ4n) is 1.98. The first-order valence-corrected chi connectivity index (χ1v) is 7.11. The number of amides is 1. The second kappa shape index (κ2) is 5.48. The molecule has 1 aliphatic rings. The van der Waals surface area contributed by atoms with E-state index in [4.69, 9.17) is 4.74 Å². The van der Waals surface area contributed by atoms with Crippen molar-refractivity contribution in [2.45, 2.75) is 6.42 Å². The van der Waals surface area contributed by atoms with Crippen molar-refractivity contribution in [2.75, 3.05) is 24.3 Å². The Bertz CT molecular complexity index is 439. The SMILES string of the molecule is COc1ccc(N2CC(CS)CC2=O)cc1I. The summed E-state index contributed by atoms with van der Waals surface area (Å²) in [5.74, 6) is 2.15. The minimum absolute atomic E-state index is 0.185. The van der Waals surface area contributed by atoms with Crippen molar-refractivity contribution >= 4 is 46.8 Å². The fourth-order valence-corrected chi connectivity index (χ4v) is 2.94. The predicted octanol–water partition coefficient (Wildman–Crippen LogP) is 2.58. The van der Waals surface area contributed by atoms with Crippen LogP contribution >= 0.6 is 35.2 Å². The van der Waals surface area contributed by atoms with Gasteiger partial charge in [0.05, 0.1) is 10.7 Å². The maximum Gasteiger partial charge on any atom is 0.227 e. The molecule has 0 N–H and O–H groups in total. The summed E-state index contributed by atoms with van der Waals surface area (Å²) in [6.07, 6.45) is 0.603. The summed E-state index contributed by atoms with van der Waals surface area (Å²) in [5, 5.41) is 0. The Kier molecular flexibility index (Phi) is 4.19. The highest BCUT2D eigenvalue weighted by molar-refractivity contribution is 14.1. The van der Waals surface area contributed by atoms with Crippen molar-refractivity contribution in [3.05, 3.63) is 21.8 Å². The van der Waals surface area contributed by atoms with Gasteiger partial charge in [0, 0.05) is 18.7 Å². The molecule has 0 saturated carbocycles. The smallest absolute Gasteiger partial charge is 0.227 e. The zero-order valence-corrected chi connectivity index (χ0v) is 12.6. The summed E-state index contributed by atoms with van der Waals surface area (Å²) in [4.78, 5) is 13.7. The third-order valence-electron chi connectivity index (χ3n) is 2.91. The van der Waals surface area contributed by atoms with Crippen molar-refractivity contribution in [1.82, 2.24) is 0 Å².